The number of carbonyl (C=O) groups is 1. The molecule has 1 fully saturated rings. The first-order valence-corrected chi connectivity index (χ1v) is 9.96. The fourth-order valence-corrected chi connectivity index (χ4v) is 4.65. The Morgan fingerprint density at radius 3 is 2.56 bits per heavy atom. The number of hydrogen-bond acceptors (Lipinski definition) is 6. The van der Waals surface area contributed by atoms with Crippen LogP contribution >= 0.6 is 11.3 Å². The van der Waals surface area contributed by atoms with Crippen molar-refractivity contribution in [2.24, 2.45) is 5.14 Å². The van der Waals surface area contributed by atoms with Crippen LogP contribution in [0.1, 0.15) is 26.2 Å². The molecule has 1 aliphatic rings. The van der Waals surface area contributed by atoms with Gasteiger partial charge in [0.1, 0.15) is 4.88 Å². The van der Waals surface area contributed by atoms with E-state index in [0.29, 0.717) is 30.9 Å². The average molecular weight is 382 g/mol. The van der Waals surface area contributed by atoms with Crippen LogP contribution in [0.25, 0.3) is 11.1 Å². The smallest absolute Gasteiger partial charge is 0.346 e. The minimum Gasteiger partial charge on any atom is -0.477 e. The molecule has 0 amide bonds. The van der Waals surface area contributed by atoms with E-state index in [1.807, 2.05) is 6.92 Å². The van der Waals surface area contributed by atoms with E-state index >= 15 is 0 Å². The topological polar surface area (TPSA) is 119 Å². The van der Waals surface area contributed by atoms with E-state index in [1.54, 1.807) is 12.1 Å². The fraction of sp³-hybridized carbons (Fsp3) is 0.312. The Morgan fingerprint density at radius 1 is 1.36 bits per heavy atom. The third-order valence-electron chi connectivity index (χ3n) is 4.09. The highest BCUT2D eigenvalue weighted by atomic mass is 32.2. The highest BCUT2D eigenvalue weighted by Gasteiger charge is 2.27. The van der Waals surface area contributed by atoms with Crippen molar-refractivity contribution in [2.45, 2.75) is 17.9 Å². The van der Waals surface area contributed by atoms with Gasteiger partial charge in [-0.1, -0.05) is 12.1 Å². The van der Waals surface area contributed by atoms with Crippen LogP contribution in [0.2, 0.25) is 0 Å². The highest BCUT2D eigenvalue weighted by molar-refractivity contribution is 7.89. The highest BCUT2D eigenvalue weighted by Crippen LogP contribution is 2.40. The van der Waals surface area contributed by atoms with Gasteiger partial charge in [-0.15, -0.1) is 11.3 Å². The summed E-state index contributed by atoms with van der Waals surface area (Å²) in [6, 6.07) is 5.88. The number of rotatable bonds is 4. The maximum absolute atomic E-state index is 11.7. The molecule has 2 heterocycles. The lowest BCUT2D eigenvalue weighted by atomic mass is 9.99. The third kappa shape index (κ3) is 3.60. The number of morpholine rings is 1. The normalized spacial score (nSPS) is 18.2. The van der Waals surface area contributed by atoms with E-state index in [-0.39, 0.29) is 15.8 Å². The van der Waals surface area contributed by atoms with Crippen molar-refractivity contribution in [1.29, 1.82) is 0 Å². The standard InChI is InChI=1S/C16H18N2O5S2/c1-9-13(10-2-4-11(5-3-10)25(17,21)22)15(16(19)20)24-14(9)12-8-23-7-6-18-12/h2-5,12,18H,6-8H2,1H3,(H,19,20)(H2,17,21,22). The van der Waals surface area contributed by atoms with Gasteiger partial charge >= 0.3 is 5.97 Å². The number of carboxylic acids is 1. The largest absolute Gasteiger partial charge is 0.477 e. The summed E-state index contributed by atoms with van der Waals surface area (Å²) in [5.74, 6) is -1.01. The zero-order chi connectivity index (χ0) is 18.2. The van der Waals surface area contributed by atoms with Gasteiger partial charge in [0.25, 0.3) is 0 Å². The number of sulfonamides is 1. The third-order valence-corrected chi connectivity index (χ3v) is 6.41. The van der Waals surface area contributed by atoms with Crippen LogP contribution < -0.4 is 10.5 Å². The van der Waals surface area contributed by atoms with Crippen molar-refractivity contribution in [2.75, 3.05) is 19.8 Å². The molecule has 2 aromatic rings. The number of hydrogen-bond donors (Lipinski definition) is 3. The summed E-state index contributed by atoms with van der Waals surface area (Å²) in [6.07, 6.45) is 0. The zero-order valence-electron chi connectivity index (χ0n) is 13.5. The maximum Gasteiger partial charge on any atom is 0.346 e. The van der Waals surface area contributed by atoms with E-state index in [9.17, 15) is 18.3 Å². The Balaban J connectivity index is 2.08. The number of ether oxygens (including phenoxy) is 1. The second-order valence-corrected chi connectivity index (χ2v) is 8.37. The van der Waals surface area contributed by atoms with Crippen LogP contribution in [0.4, 0.5) is 0 Å². The second kappa shape index (κ2) is 6.85. The molecule has 7 nitrogen and oxygen atoms in total. The summed E-state index contributed by atoms with van der Waals surface area (Å²) in [5.41, 5.74) is 2.09. The van der Waals surface area contributed by atoms with Crippen molar-refractivity contribution in [3.63, 3.8) is 0 Å². The quantitative estimate of drug-likeness (QED) is 0.741. The van der Waals surface area contributed by atoms with Crippen LogP contribution in [0.5, 0.6) is 0 Å². The summed E-state index contributed by atoms with van der Waals surface area (Å²) >= 11 is 1.22. The summed E-state index contributed by atoms with van der Waals surface area (Å²) in [6.45, 7) is 3.71. The van der Waals surface area contributed by atoms with E-state index < -0.39 is 16.0 Å². The first-order valence-electron chi connectivity index (χ1n) is 7.60. The molecular formula is C16H18N2O5S2. The van der Waals surface area contributed by atoms with Crippen LogP contribution in [0.3, 0.4) is 0 Å². The van der Waals surface area contributed by atoms with Crippen LogP contribution in [0.15, 0.2) is 29.2 Å². The number of nitrogens with two attached hydrogens (primary N) is 1. The molecular weight excluding hydrogens is 364 g/mol. The Hall–Kier alpha value is -1.78. The Bertz CT molecular complexity index is 897. The van der Waals surface area contributed by atoms with Gasteiger partial charge in [-0.25, -0.2) is 18.4 Å². The molecule has 0 radical (unpaired) electrons. The number of nitrogens with one attached hydrogen (secondary N) is 1. The molecule has 0 spiro atoms. The molecule has 0 aliphatic carbocycles. The monoisotopic (exact) mass is 382 g/mol. The summed E-state index contributed by atoms with van der Waals surface area (Å²) in [5, 5.41) is 18.0. The zero-order valence-corrected chi connectivity index (χ0v) is 15.1. The minimum absolute atomic E-state index is 0.0106. The van der Waals surface area contributed by atoms with Crippen molar-refractivity contribution < 1.29 is 23.1 Å². The number of carboxylic acid groups (broad SMARTS) is 1. The summed E-state index contributed by atoms with van der Waals surface area (Å²) in [4.78, 5) is 12.8. The van der Waals surface area contributed by atoms with Gasteiger partial charge in [-0.3, -0.25) is 0 Å². The molecule has 134 valence electrons. The molecule has 1 atom stereocenters. The van der Waals surface area contributed by atoms with Gasteiger partial charge in [0.2, 0.25) is 10.0 Å². The van der Waals surface area contributed by atoms with E-state index in [2.05, 4.69) is 5.32 Å². The van der Waals surface area contributed by atoms with Crippen molar-refractivity contribution in [3.8, 4) is 11.1 Å². The maximum atomic E-state index is 11.7. The van der Waals surface area contributed by atoms with Gasteiger partial charge in [0.05, 0.1) is 24.2 Å². The molecule has 1 aromatic carbocycles. The van der Waals surface area contributed by atoms with E-state index in [1.165, 1.54) is 23.5 Å². The van der Waals surface area contributed by atoms with Gasteiger partial charge in [-0.2, -0.15) is 0 Å². The molecule has 4 N–H and O–H groups in total. The summed E-state index contributed by atoms with van der Waals surface area (Å²) < 4.78 is 28.3. The lowest BCUT2D eigenvalue weighted by Crippen LogP contribution is -2.34. The number of benzene rings is 1. The molecule has 1 aliphatic heterocycles. The lowest BCUT2D eigenvalue weighted by Gasteiger charge is -2.23. The molecule has 25 heavy (non-hydrogen) atoms. The van der Waals surface area contributed by atoms with Gasteiger partial charge < -0.3 is 15.2 Å². The molecule has 3 rings (SSSR count). The first-order chi connectivity index (χ1) is 11.8. The van der Waals surface area contributed by atoms with E-state index in [4.69, 9.17) is 9.88 Å². The molecule has 1 saturated heterocycles. The SMILES string of the molecule is Cc1c(C2COCCN2)sc(C(=O)O)c1-c1ccc(S(N)(=O)=O)cc1. The molecule has 9 heteroatoms. The van der Waals surface area contributed by atoms with E-state index in [0.717, 1.165) is 10.4 Å². The minimum atomic E-state index is -3.79. The van der Waals surface area contributed by atoms with Crippen LogP contribution in [-0.2, 0) is 14.8 Å². The van der Waals surface area contributed by atoms with Crippen molar-refractivity contribution >= 4 is 27.3 Å². The number of aromatic carboxylic acids is 1. The number of primary sulfonamides is 1. The second-order valence-electron chi connectivity index (χ2n) is 5.75. The van der Waals surface area contributed by atoms with Crippen LogP contribution in [0, 0.1) is 6.92 Å². The van der Waals surface area contributed by atoms with Gasteiger partial charge in [0, 0.05) is 17.0 Å². The molecule has 0 bridgehead atoms. The molecule has 1 aromatic heterocycles. The predicted molar refractivity (Wildman–Crippen MR) is 94.4 cm³/mol. The summed E-state index contributed by atoms with van der Waals surface area (Å²) in [7, 11) is -3.79. The van der Waals surface area contributed by atoms with Crippen LogP contribution in [-0.4, -0.2) is 39.3 Å². The van der Waals surface area contributed by atoms with Crippen molar-refractivity contribution in [3.05, 3.63) is 39.6 Å². The first kappa shape index (κ1) is 18.0. The Morgan fingerprint density at radius 2 is 2.04 bits per heavy atom. The number of thiophene rings is 1. The predicted octanol–water partition coefficient (Wildman–Crippen LogP) is 1.73. The van der Waals surface area contributed by atoms with Gasteiger partial charge in [-0.05, 0) is 30.2 Å². The molecule has 0 saturated carbocycles. The Kier molecular flexibility index (Phi) is 4.94. The average Bonchev–Trinajstić information content (AvgIpc) is 2.92. The Labute approximate surface area is 149 Å². The fourth-order valence-electron chi connectivity index (χ4n) is 2.91. The lowest BCUT2D eigenvalue weighted by molar-refractivity contribution is 0.0702. The van der Waals surface area contributed by atoms with Crippen molar-refractivity contribution in [1.82, 2.24) is 5.32 Å². The molecule has 1 unspecified atom stereocenters. The van der Waals surface area contributed by atoms with Gasteiger partial charge in [0.15, 0.2) is 0 Å².